The first-order valence-electron chi connectivity index (χ1n) is 8.76. The number of hydrogen-bond acceptors (Lipinski definition) is 4. The molecule has 1 aromatic heterocycles. The molecule has 136 valence electrons. The van der Waals surface area contributed by atoms with Crippen molar-refractivity contribution in [1.29, 1.82) is 0 Å². The summed E-state index contributed by atoms with van der Waals surface area (Å²) >= 11 is 5.31. The lowest BCUT2D eigenvalue weighted by atomic mass is 10.1. The van der Waals surface area contributed by atoms with E-state index in [1.165, 1.54) is 0 Å². The summed E-state index contributed by atoms with van der Waals surface area (Å²) in [5.41, 5.74) is 0.927. The number of nitrogens with one attached hydrogen (secondary N) is 2. The van der Waals surface area contributed by atoms with Crippen molar-refractivity contribution in [3.63, 3.8) is 0 Å². The summed E-state index contributed by atoms with van der Waals surface area (Å²) in [5, 5.41) is 10.2. The number of H-pyrrole nitrogens is 1. The Bertz CT molecular complexity index is 732. The van der Waals surface area contributed by atoms with Gasteiger partial charge >= 0.3 is 0 Å². The summed E-state index contributed by atoms with van der Waals surface area (Å²) in [5.74, 6) is 1.58. The van der Waals surface area contributed by atoms with E-state index < -0.39 is 0 Å². The molecule has 1 amide bonds. The van der Waals surface area contributed by atoms with Gasteiger partial charge in [-0.3, -0.25) is 14.5 Å². The van der Waals surface area contributed by atoms with E-state index >= 15 is 0 Å². The summed E-state index contributed by atoms with van der Waals surface area (Å²) < 4.78 is 7.83. The molecule has 1 aromatic carbocycles. The lowest BCUT2D eigenvalue weighted by molar-refractivity contribution is -0.122. The Morgan fingerprint density at radius 2 is 1.96 bits per heavy atom. The van der Waals surface area contributed by atoms with Crippen LogP contribution in [-0.2, 0) is 11.3 Å². The lowest BCUT2D eigenvalue weighted by Gasteiger charge is -2.15. The van der Waals surface area contributed by atoms with Crippen LogP contribution in [0.4, 0.5) is 0 Å². The van der Waals surface area contributed by atoms with Crippen LogP contribution >= 0.6 is 12.2 Å². The molecule has 2 aromatic rings. The molecule has 0 saturated carbocycles. The highest BCUT2D eigenvalue weighted by Gasteiger charge is 2.12. The second-order valence-corrected chi connectivity index (χ2v) is 6.18. The Morgan fingerprint density at radius 1 is 1.28 bits per heavy atom. The van der Waals surface area contributed by atoms with Gasteiger partial charge in [0.1, 0.15) is 5.75 Å². The molecule has 2 rings (SSSR count). The molecule has 0 fully saturated rings. The number of ether oxygens (including phenoxy) is 1. The van der Waals surface area contributed by atoms with Gasteiger partial charge in [0.15, 0.2) is 10.6 Å². The van der Waals surface area contributed by atoms with E-state index in [0.717, 1.165) is 30.0 Å². The van der Waals surface area contributed by atoms with Crippen LogP contribution in [0.5, 0.6) is 5.75 Å². The Labute approximate surface area is 153 Å². The van der Waals surface area contributed by atoms with E-state index in [-0.39, 0.29) is 11.9 Å². The topological polar surface area (TPSA) is 71.9 Å². The van der Waals surface area contributed by atoms with Crippen LogP contribution in [0.1, 0.15) is 40.0 Å². The van der Waals surface area contributed by atoms with E-state index in [2.05, 4.69) is 29.4 Å². The SMILES string of the molecule is CCOc1ccc(-c2n[nH]c(=S)n2CCC(=O)NC(CC)CC)cc1. The second kappa shape index (κ2) is 9.36. The molecule has 25 heavy (non-hydrogen) atoms. The highest BCUT2D eigenvalue weighted by molar-refractivity contribution is 7.71. The van der Waals surface area contributed by atoms with Crippen molar-refractivity contribution in [3.8, 4) is 17.1 Å². The van der Waals surface area contributed by atoms with E-state index in [0.29, 0.717) is 24.3 Å². The number of aromatic amines is 1. The maximum absolute atomic E-state index is 12.1. The number of carbonyl (C=O) groups is 1. The van der Waals surface area contributed by atoms with Crippen LogP contribution in [0.25, 0.3) is 11.4 Å². The number of aromatic nitrogens is 3. The molecule has 1 heterocycles. The van der Waals surface area contributed by atoms with Gasteiger partial charge < -0.3 is 10.1 Å². The summed E-state index contributed by atoms with van der Waals surface area (Å²) in [7, 11) is 0. The summed E-state index contributed by atoms with van der Waals surface area (Å²) in [6.45, 7) is 7.22. The molecule has 0 aliphatic rings. The minimum atomic E-state index is 0.0365. The van der Waals surface area contributed by atoms with Gasteiger partial charge in [-0.1, -0.05) is 13.8 Å². The van der Waals surface area contributed by atoms with Gasteiger partial charge in [-0.15, -0.1) is 0 Å². The first-order valence-corrected chi connectivity index (χ1v) is 9.17. The molecule has 0 bridgehead atoms. The first-order chi connectivity index (χ1) is 12.1. The zero-order chi connectivity index (χ0) is 18.2. The zero-order valence-corrected chi connectivity index (χ0v) is 15.9. The first kappa shape index (κ1) is 19.2. The minimum Gasteiger partial charge on any atom is -0.494 e. The third kappa shape index (κ3) is 5.16. The molecule has 0 radical (unpaired) electrons. The molecule has 7 heteroatoms. The highest BCUT2D eigenvalue weighted by Crippen LogP contribution is 2.21. The largest absolute Gasteiger partial charge is 0.494 e. The molecule has 2 N–H and O–H groups in total. The van der Waals surface area contributed by atoms with Gasteiger partial charge in [0.05, 0.1) is 6.61 Å². The molecule has 0 aliphatic heterocycles. The predicted octanol–water partition coefficient (Wildman–Crippen LogP) is 3.70. The van der Waals surface area contributed by atoms with E-state index in [4.69, 9.17) is 17.0 Å². The van der Waals surface area contributed by atoms with Gasteiger partial charge in [0.25, 0.3) is 0 Å². The number of nitrogens with zero attached hydrogens (tertiary/aromatic N) is 2. The molecule has 0 aliphatic carbocycles. The lowest BCUT2D eigenvalue weighted by Crippen LogP contribution is -2.34. The van der Waals surface area contributed by atoms with Gasteiger partial charge in [0, 0.05) is 24.6 Å². The average molecular weight is 362 g/mol. The maximum atomic E-state index is 12.1. The fraction of sp³-hybridized carbons (Fsp3) is 0.500. The van der Waals surface area contributed by atoms with Crippen molar-refractivity contribution in [3.05, 3.63) is 29.0 Å². The molecule has 6 nitrogen and oxygen atoms in total. The third-order valence-electron chi connectivity index (χ3n) is 4.09. The Hall–Kier alpha value is -2.15. The molecule has 0 saturated heterocycles. The molecule has 0 unspecified atom stereocenters. The fourth-order valence-electron chi connectivity index (χ4n) is 2.62. The van der Waals surface area contributed by atoms with Crippen LogP contribution in [0, 0.1) is 4.77 Å². The average Bonchev–Trinajstić information content (AvgIpc) is 2.99. The van der Waals surface area contributed by atoms with Crippen LogP contribution < -0.4 is 10.1 Å². The fourth-order valence-corrected chi connectivity index (χ4v) is 2.84. The van der Waals surface area contributed by atoms with Gasteiger partial charge in [-0.25, -0.2) is 0 Å². The van der Waals surface area contributed by atoms with Crippen molar-refractivity contribution >= 4 is 18.1 Å². The summed E-state index contributed by atoms with van der Waals surface area (Å²) in [6.07, 6.45) is 2.24. The predicted molar refractivity (Wildman–Crippen MR) is 101 cm³/mol. The van der Waals surface area contributed by atoms with Crippen LogP contribution in [0.3, 0.4) is 0 Å². The monoisotopic (exact) mass is 362 g/mol. The van der Waals surface area contributed by atoms with E-state index in [1.54, 1.807) is 0 Å². The number of benzene rings is 1. The van der Waals surface area contributed by atoms with E-state index in [9.17, 15) is 4.79 Å². The quantitative estimate of drug-likeness (QED) is 0.667. The Balaban J connectivity index is 2.08. The normalized spacial score (nSPS) is 10.9. The van der Waals surface area contributed by atoms with Crippen LogP contribution in [0.15, 0.2) is 24.3 Å². The third-order valence-corrected chi connectivity index (χ3v) is 4.41. The minimum absolute atomic E-state index is 0.0365. The number of rotatable bonds is 9. The Kier molecular flexibility index (Phi) is 7.18. The van der Waals surface area contributed by atoms with Gasteiger partial charge in [-0.05, 0) is 56.2 Å². The van der Waals surface area contributed by atoms with Crippen molar-refractivity contribution in [2.45, 2.75) is 52.6 Å². The maximum Gasteiger partial charge on any atom is 0.222 e. The Morgan fingerprint density at radius 3 is 2.56 bits per heavy atom. The number of carbonyl (C=O) groups excluding carboxylic acids is 1. The van der Waals surface area contributed by atoms with Gasteiger partial charge in [0.2, 0.25) is 5.91 Å². The summed E-state index contributed by atoms with van der Waals surface area (Å²) in [6, 6.07) is 7.92. The number of hydrogen-bond donors (Lipinski definition) is 2. The summed E-state index contributed by atoms with van der Waals surface area (Å²) in [4.78, 5) is 12.1. The smallest absolute Gasteiger partial charge is 0.222 e. The van der Waals surface area contributed by atoms with Gasteiger partial charge in [-0.2, -0.15) is 5.10 Å². The standard InChI is InChI=1S/C18H26N4O2S/c1-4-14(5-2)19-16(23)11-12-22-17(20-21-18(22)25)13-7-9-15(10-8-13)24-6-3/h7-10,14H,4-6,11-12H2,1-3H3,(H,19,23)(H,21,25). The second-order valence-electron chi connectivity index (χ2n) is 5.79. The van der Waals surface area contributed by atoms with Crippen molar-refractivity contribution in [2.24, 2.45) is 0 Å². The molecular formula is C18H26N4O2S. The van der Waals surface area contributed by atoms with Crippen LogP contribution in [0.2, 0.25) is 0 Å². The van der Waals surface area contributed by atoms with E-state index in [1.807, 2.05) is 35.8 Å². The molecular weight excluding hydrogens is 336 g/mol. The molecule has 0 spiro atoms. The van der Waals surface area contributed by atoms with Crippen molar-refractivity contribution in [1.82, 2.24) is 20.1 Å². The van der Waals surface area contributed by atoms with Crippen molar-refractivity contribution in [2.75, 3.05) is 6.61 Å². The highest BCUT2D eigenvalue weighted by atomic mass is 32.1. The zero-order valence-electron chi connectivity index (χ0n) is 15.0. The molecule has 0 atom stereocenters. The number of amides is 1. The van der Waals surface area contributed by atoms with Crippen LogP contribution in [-0.4, -0.2) is 33.3 Å². The van der Waals surface area contributed by atoms with Crippen molar-refractivity contribution < 1.29 is 9.53 Å².